The molecule has 7 aromatic carbocycles. The van der Waals surface area contributed by atoms with Gasteiger partial charge in [0.05, 0.1) is 0 Å². The van der Waals surface area contributed by atoms with Crippen molar-refractivity contribution >= 4 is 60.9 Å². The molecule has 0 spiro atoms. The fourth-order valence-corrected chi connectivity index (χ4v) is 6.28. The Morgan fingerprint density at radius 1 is 0.444 bits per heavy atom. The van der Waals surface area contributed by atoms with Crippen molar-refractivity contribution in [1.29, 1.82) is 0 Å². The number of anilines is 3. The molecule has 0 bridgehead atoms. The number of furan rings is 1. The summed E-state index contributed by atoms with van der Waals surface area (Å²) in [4.78, 5) is 7.08. The summed E-state index contributed by atoms with van der Waals surface area (Å²) in [6, 6.07) is 54.6. The Hall–Kier alpha value is -6.13. The van der Waals surface area contributed by atoms with E-state index in [0.29, 0.717) is 11.5 Å². The molecule has 4 nitrogen and oxygen atoms in total. The lowest BCUT2D eigenvalue weighted by atomic mass is 10.0. The molecule has 0 N–H and O–H groups in total. The van der Waals surface area contributed by atoms with Gasteiger partial charge in [0.15, 0.2) is 5.58 Å². The minimum atomic E-state index is 0.608. The van der Waals surface area contributed by atoms with Crippen LogP contribution >= 0.6 is 0 Å². The molecule has 9 aromatic rings. The van der Waals surface area contributed by atoms with Crippen LogP contribution in [0.15, 0.2) is 167 Å². The third-order valence-corrected chi connectivity index (χ3v) is 8.47. The Morgan fingerprint density at radius 3 is 1.98 bits per heavy atom. The van der Waals surface area contributed by atoms with Crippen molar-refractivity contribution in [1.82, 2.24) is 4.98 Å². The lowest BCUT2D eigenvalue weighted by Gasteiger charge is -2.26. The molecule has 212 valence electrons. The van der Waals surface area contributed by atoms with Gasteiger partial charge in [0.1, 0.15) is 16.7 Å². The number of oxazole rings is 1. The second kappa shape index (κ2) is 10.2. The van der Waals surface area contributed by atoms with Crippen molar-refractivity contribution in [3.63, 3.8) is 0 Å². The molecule has 4 heteroatoms. The van der Waals surface area contributed by atoms with Crippen molar-refractivity contribution in [2.45, 2.75) is 0 Å². The predicted octanol–water partition coefficient (Wildman–Crippen LogP) is 11.7. The Morgan fingerprint density at radius 2 is 1.16 bits per heavy atom. The molecule has 45 heavy (non-hydrogen) atoms. The standard InChI is InChI=1S/C41H26N2O2/c1-3-11-29(12-4-1)41-42-37-25-36-35-17-9-16-34(40(35)44-38(36)26-39(37)45-41)28-19-21-32(22-20-28)43(31-14-5-2-6-15-31)33-23-18-27-10-7-8-13-30(27)24-33/h1-26H. The van der Waals surface area contributed by atoms with Crippen LogP contribution in [-0.4, -0.2) is 4.98 Å². The number of benzene rings is 7. The van der Waals surface area contributed by atoms with Crippen LogP contribution in [-0.2, 0) is 0 Å². The number of fused-ring (bicyclic) bond motifs is 5. The summed E-state index contributed by atoms with van der Waals surface area (Å²) in [5.41, 5.74) is 9.53. The quantitative estimate of drug-likeness (QED) is 0.204. The van der Waals surface area contributed by atoms with E-state index in [1.807, 2.05) is 36.4 Å². The van der Waals surface area contributed by atoms with Gasteiger partial charge in [-0.1, -0.05) is 97.1 Å². The fraction of sp³-hybridized carbons (Fsp3) is 0. The van der Waals surface area contributed by atoms with E-state index in [1.54, 1.807) is 0 Å². The summed E-state index contributed by atoms with van der Waals surface area (Å²) in [5.74, 6) is 0.608. The summed E-state index contributed by atoms with van der Waals surface area (Å²) >= 11 is 0. The molecule has 0 aliphatic heterocycles. The fourth-order valence-electron chi connectivity index (χ4n) is 6.28. The van der Waals surface area contributed by atoms with E-state index in [9.17, 15) is 0 Å². The number of rotatable bonds is 5. The highest BCUT2D eigenvalue weighted by Crippen LogP contribution is 2.40. The number of hydrogen-bond donors (Lipinski definition) is 0. The third-order valence-electron chi connectivity index (χ3n) is 8.47. The molecule has 0 amide bonds. The number of nitrogens with zero attached hydrogens (tertiary/aromatic N) is 2. The van der Waals surface area contributed by atoms with Crippen LogP contribution in [0, 0.1) is 0 Å². The van der Waals surface area contributed by atoms with Crippen LogP contribution in [0.4, 0.5) is 17.1 Å². The maximum absolute atomic E-state index is 6.52. The normalized spacial score (nSPS) is 11.6. The molecule has 0 saturated carbocycles. The molecule has 0 unspecified atom stereocenters. The first kappa shape index (κ1) is 25.4. The van der Waals surface area contributed by atoms with Crippen LogP contribution in [0.3, 0.4) is 0 Å². The molecule has 0 saturated heterocycles. The molecule has 0 fully saturated rings. The van der Waals surface area contributed by atoms with Gasteiger partial charge in [-0.3, -0.25) is 0 Å². The zero-order valence-electron chi connectivity index (χ0n) is 24.2. The van der Waals surface area contributed by atoms with Crippen molar-refractivity contribution in [3.05, 3.63) is 158 Å². The molecule has 2 heterocycles. The van der Waals surface area contributed by atoms with E-state index < -0.39 is 0 Å². The SMILES string of the molecule is c1ccc(-c2nc3cc4c(cc3o2)oc2c(-c3ccc(N(c5ccccc5)c5ccc6ccccc6c5)cc3)cccc24)cc1. The summed E-state index contributed by atoms with van der Waals surface area (Å²) in [7, 11) is 0. The van der Waals surface area contributed by atoms with E-state index in [-0.39, 0.29) is 0 Å². The molecule has 9 rings (SSSR count). The maximum Gasteiger partial charge on any atom is 0.227 e. The molecule has 0 aliphatic carbocycles. The first-order chi connectivity index (χ1) is 22.3. The second-order valence-corrected chi connectivity index (χ2v) is 11.2. The zero-order chi connectivity index (χ0) is 29.7. The highest BCUT2D eigenvalue weighted by Gasteiger charge is 2.17. The van der Waals surface area contributed by atoms with Crippen LogP contribution < -0.4 is 4.90 Å². The van der Waals surface area contributed by atoms with E-state index in [4.69, 9.17) is 13.8 Å². The summed E-state index contributed by atoms with van der Waals surface area (Å²) < 4.78 is 12.6. The Kier molecular flexibility index (Phi) is 5.78. The average Bonchev–Trinajstić information content (AvgIpc) is 3.69. The Balaban J connectivity index is 1.12. The predicted molar refractivity (Wildman–Crippen MR) is 184 cm³/mol. The maximum atomic E-state index is 6.52. The van der Waals surface area contributed by atoms with Crippen molar-refractivity contribution in [2.75, 3.05) is 4.90 Å². The Labute approximate surface area is 259 Å². The summed E-state index contributed by atoms with van der Waals surface area (Å²) in [6.07, 6.45) is 0. The molecule has 2 aromatic heterocycles. The second-order valence-electron chi connectivity index (χ2n) is 11.2. The van der Waals surface area contributed by atoms with E-state index >= 15 is 0 Å². The topological polar surface area (TPSA) is 42.4 Å². The van der Waals surface area contributed by atoms with Crippen LogP contribution in [0.1, 0.15) is 0 Å². The smallest absolute Gasteiger partial charge is 0.227 e. The van der Waals surface area contributed by atoms with E-state index in [0.717, 1.165) is 61.2 Å². The van der Waals surface area contributed by atoms with Gasteiger partial charge < -0.3 is 13.7 Å². The molecule has 0 aliphatic rings. The van der Waals surface area contributed by atoms with E-state index in [1.165, 1.54) is 10.8 Å². The monoisotopic (exact) mass is 578 g/mol. The minimum absolute atomic E-state index is 0.608. The first-order valence-electron chi connectivity index (χ1n) is 15.0. The molecule has 0 atom stereocenters. The zero-order valence-corrected chi connectivity index (χ0v) is 24.2. The molecular weight excluding hydrogens is 552 g/mol. The lowest BCUT2D eigenvalue weighted by molar-refractivity contribution is 0.617. The summed E-state index contributed by atoms with van der Waals surface area (Å²) in [6.45, 7) is 0. The van der Waals surface area contributed by atoms with Gasteiger partial charge in [-0.2, -0.15) is 0 Å². The van der Waals surface area contributed by atoms with Gasteiger partial charge in [-0.15, -0.1) is 0 Å². The van der Waals surface area contributed by atoms with Gasteiger partial charge >= 0.3 is 0 Å². The van der Waals surface area contributed by atoms with E-state index in [2.05, 4.69) is 126 Å². The lowest BCUT2D eigenvalue weighted by Crippen LogP contribution is -2.09. The van der Waals surface area contributed by atoms with Crippen LogP contribution in [0.5, 0.6) is 0 Å². The Bertz CT molecular complexity index is 2480. The highest BCUT2D eigenvalue weighted by molar-refractivity contribution is 6.12. The number of aromatic nitrogens is 1. The van der Waals surface area contributed by atoms with Gasteiger partial charge in [-0.25, -0.2) is 4.98 Å². The van der Waals surface area contributed by atoms with Gasteiger partial charge in [0.25, 0.3) is 0 Å². The minimum Gasteiger partial charge on any atom is -0.455 e. The third kappa shape index (κ3) is 4.35. The highest BCUT2D eigenvalue weighted by atomic mass is 16.4. The van der Waals surface area contributed by atoms with Crippen LogP contribution in [0.2, 0.25) is 0 Å². The van der Waals surface area contributed by atoms with Crippen LogP contribution in [0.25, 0.3) is 66.4 Å². The largest absolute Gasteiger partial charge is 0.455 e. The first-order valence-corrected chi connectivity index (χ1v) is 15.0. The van der Waals surface area contributed by atoms with Gasteiger partial charge in [0.2, 0.25) is 5.89 Å². The average molecular weight is 579 g/mol. The van der Waals surface area contributed by atoms with Gasteiger partial charge in [0, 0.05) is 45.0 Å². The van der Waals surface area contributed by atoms with Gasteiger partial charge in [-0.05, 0) is 70.9 Å². The molecular formula is C41H26N2O2. The number of para-hydroxylation sites is 2. The van der Waals surface area contributed by atoms with Crippen molar-refractivity contribution in [3.8, 4) is 22.6 Å². The number of hydrogen-bond acceptors (Lipinski definition) is 4. The van der Waals surface area contributed by atoms with Crippen molar-refractivity contribution in [2.24, 2.45) is 0 Å². The molecule has 0 radical (unpaired) electrons. The summed E-state index contributed by atoms with van der Waals surface area (Å²) in [5, 5.41) is 4.52. The van der Waals surface area contributed by atoms with Crippen molar-refractivity contribution < 1.29 is 8.83 Å².